The first kappa shape index (κ1) is 18.6. The minimum atomic E-state index is -3.54. The number of ether oxygens (including phenoxy) is 1. The molecule has 0 fully saturated rings. The monoisotopic (exact) mass is 389 g/mol. The van der Waals surface area contributed by atoms with Crippen LogP contribution in [0.5, 0.6) is 5.75 Å². The van der Waals surface area contributed by atoms with Crippen LogP contribution >= 0.6 is 0 Å². The molecule has 3 rings (SSSR count). The van der Waals surface area contributed by atoms with Crippen molar-refractivity contribution in [3.8, 4) is 5.75 Å². The zero-order valence-electron chi connectivity index (χ0n) is 14.8. The second kappa shape index (κ2) is 7.20. The summed E-state index contributed by atoms with van der Waals surface area (Å²) >= 11 is 0. The summed E-state index contributed by atoms with van der Waals surface area (Å²) in [7, 11) is -1.97. The maximum Gasteiger partial charge on any atom is 0.232 e. The smallest absolute Gasteiger partial charge is 0.232 e. The predicted octanol–water partition coefficient (Wildman–Crippen LogP) is 2.50. The van der Waals surface area contributed by atoms with E-state index in [1.807, 2.05) is 0 Å². The van der Waals surface area contributed by atoms with Gasteiger partial charge in [0.1, 0.15) is 17.6 Å². The molecular weight excluding hydrogens is 370 g/mol. The van der Waals surface area contributed by atoms with Crippen LogP contribution in [0.3, 0.4) is 0 Å². The second-order valence-electron chi connectivity index (χ2n) is 5.93. The molecular formula is C18H19N3O5S. The number of hydrogen-bond acceptors (Lipinski definition) is 6. The predicted molar refractivity (Wildman–Crippen MR) is 103 cm³/mol. The van der Waals surface area contributed by atoms with Crippen molar-refractivity contribution in [1.29, 1.82) is 0 Å². The summed E-state index contributed by atoms with van der Waals surface area (Å²) in [5.41, 5.74) is 7.73. The summed E-state index contributed by atoms with van der Waals surface area (Å²) < 4.78 is 36.6. The van der Waals surface area contributed by atoms with Crippen LogP contribution in [-0.2, 0) is 16.6 Å². The minimum absolute atomic E-state index is 0.0836. The molecule has 0 aliphatic carbocycles. The third-order valence-electron chi connectivity index (χ3n) is 4.12. The number of benzene rings is 2. The van der Waals surface area contributed by atoms with Gasteiger partial charge >= 0.3 is 0 Å². The number of methoxy groups -OCH3 is 1. The molecule has 0 radical (unpaired) electrons. The quantitative estimate of drug-likeness (QED) is 0.289. The zero-order valence-corrected chi connectivity index (χ0v) is 15.6. The Morgan fingerprint density at radius 1 is 1.26 bits per heavy atom. The SMILES string of the molecule is COc1ccc(CN(c2ccc3c(C(N)=NO)coc3c2)S(C)(=O)=O)cc1. The molecule has 0 spiro atoms. The Labute approximate surface area is 156 Å². The molecule has 1 aromatic heterocycles. The van der Waals surface area contributed by atoms with E-state index in [-0.39, 0.29) is 12.4 Å². The molecule has 1 heterocycles. The topological polar surface area (TPSA) is 118 Å². The van der Waals surface area contributed by atoms with E-state index in [0.29, 0.717) is 28.0 Å². The molecule has 142 valence electrons. The molecule has 27 heavy (non-hydrogen) atoms. The largest absolute Gasteiger partial charge is 0.497 e. The van der Waals surface area contributed by atoms with Gasteiger partial charge in [0.15, 0.2) is 5.84 Å². The molecule has 0 aliphatic rings. The van der Waals surface area contributed by atoms with E-state index in [0.717, 1.165) is 11.8 Å². The van der Waals surface area contributed by atoms with E-state index >= 15 is 0 Å². The van der Waals surface area contributed by atoms with Crippen molar-refractivity contribution < 1.29 is 22.8 Å². The molecule has 0 unspecified atom stereocenters. The lowest BCUT2D eigenvalue weighted by molar-refractivity contribution is 0.318. The normalized spacial score (nSPS) is 12.3. The van der Waals surface area contributed by atoms with Crippen molar-refractivity contribution in [2.45, 2.75) is 6.54 Å². The summed E-state index contributed by atoms with van der Waals surface area (Å²) in [4.78, 5) is 0. The maximum absolute atomic E-state index is 12.4. The lowest BCUT2D eigenvalue weighted by Crippen LogP contribution is -2.29. The van der Waals surface area contributed by atoms with Crippen molar-refractivity contribution >= 4 is 32.5 Å². The van der Waals surface area contributed by atoms with Crippen molar-refractivity contribution in [3.63, 3.8) is 0 Å². The number of hydrogen-bond donors (Lipinski definition) is 2. The number of rotatable bonds is 6. The van der Waals surface area contributed by atoms with E-state index in [1.54, 1.807) is 49.6 Å². The Bertz CT molecular complexity index is 1090. The van der Waals surface area contributed by atoms with E-state index in [4.69, 9.17) is 20.1 Å². The summed E-state index contributed by atoms with van der Waals surface area (Å²) in [6, 6.07) is 12.1. The van der Waals surface area contributed by atoms with E-state index in [9.17, 15) is 8.42 Å². The number of anilines is 1. The molecule has 0 bridgehead atoms. The van der Waals surface area contributed by atoms with E-state index in [2.05, 4.69) is 5.16 Å². The highest BCUT2D eigenvalue weighted by Crippen LogP contribution is 2.29. The van der Waals surface area contributed by atoms with Crippen LogP contribution in [0.25, 0.3) is 11.0 Å². The van der Waals surface area contributed by atoms with Gasteiger partial charge in [0.05, 0.1) is 31.2 Å². The Kier molecular flexibility index (Phi) is 4.95. The van der Waals surface area contributed by atoms with Gasteiger partial charge in [0, 0.05) is 11.5 Å². The van der Waals surface area contributed by atoms with Crippen LogP contribution in [0, 0.1) is 0 Å². The number of nitrogens with zero attached hydrogens (tertiary/aromatic N) is 2. The standard InChI is InChI=1S/C18H19N3O5S/c1-25-14-6-3-12(4-7-14)10-21(27(2,23)24)13-5-8-15-16(18(19)20-22)11-26-17(15)9-13/h3-9,11,22H,10H2,1-2H3,(H2,19,20). The molecule has 9 heteroatoms. The zero-order chi connectivity index (χ0) is 19.6. The fourth-order valence-corrected chi connectivity index (χ4v) is 3.60. The van der Waals surface area contributed by atoms with E-state index in [1.165, 1.54) is 10.6 Å². The Morgan fingerprint density at radius 2 is 1.96 bits per heavy atom. The summed E-state index contributed by atoms with van der Waals surface area (Å²) in [6.07, 6.45) is 2.50. The minimum Gasteiger partial charge on any atom is -0.497 e. The second-order valence-corrected chi connectivity index (χ2v) is 7.84. The van der Waals surface area contributed by atoms with Gasteiger partial charge in [-0.15, -0.1) is 0 Å². The molecule has 0 amide bonds. The Morgan fingerprint density at radius 3 is 2.56 bits per heavy atom. The van der Waals surface area contributed by atoms with Crippen LogP contribution in [0.4, 0.5) is 5.69 Å². The van der Waals surface area contributed by atoms with Gasteiger partial charge in [0.2, 0.25) is 10.0 Å². The highest BCUT2D eigenvalue weighted by Gasteiger charge is 2.20. The highest BCUT2D eigenvalue weighted by molar-refractivity contribution is 7.92. The molecule has 0 atom stereocenters. The van der Waals surface area contributed by atoms with Crippen LogP contribution < -0.4 is 14.8 Å². The number of nitrogens with two attached hydrogens (primary N) is 1. The number of oxime groups is 1. The first-order valence-corrected chi connectivity index (χ1v) is 9.78. The van der Waals surface area contributed by atoms with Crippen LogP contribution in [0.15, 0.2) is 58.3 Å². The lowest BCUT2D eigenvalue weighted by atomic mass is 10.1. The molecule has 0 saturated carbocycles. The van der Waals surface area contributed by atoms with Gasteiger partial charge in [-0.2, -0.15) is 0 Å². The molecule has 0 saturated heterocycles. The van der Waals surface area contributed by atoms with Crippen molar-refractivity contribution in [1.82, 2.24) is 0 Å². The number of furan rings is 1. The number of amidine groups is 1. The van der Waals surface area contributed by atoms with Gasteiger partial charge in [-0.25, -0.2) is 8.42 Å². The van der Waals surface area contributed by atoms with Crippen LogP contribution in [0.2, 0.25) is 0 Å². The third kappa shape index (κ3) is 3.82. The first-order valence-electron chi connectivity index (χ1n) is 7.93. The average Bonchev–Trinajstić information content (AvgIpc) is 3.08. The fraction of sp³-hybridized carbons (Fsp3) is 0.167. The third-order valence-corrected chi connectivity index (χ3v) is 5.26. The van der Waals surface area contributed by atoms with Crippen molar-refractivity contribution in [2.24, 2.45) is 10.9 Å². The van der Waals surface area contributed by atoms with Crippen LogP contribution in [0.1, 0.15) is 11.1 Å². The van der Waals surface area contributed by atoms with Gasteiger partial charge in [0.25, 0.3) is 0 Å². The van der Waals surface area contributed by atoms with Gasteiger partial charge in [-0.05, 0) is 29.8 Å². The average molecular weight is 389 g/mol. The summed E-state index contributed by atoms with van der Waals surface area (Å²) in [6.45, 7) is 0.155. The lowest BCUT2D eigenvalue weighted by Gasteiger charge is -2.22. The Hall–Kier alpha value is -3.20. The number of fused-ring (bicyclic) bond motifs is 1. The molecule has 3 N–H and O–H groups in total. The Balaban J connectivity index is 2.00. The molecule has 2 aromatic carbocycles. The van der Waals surface area contributed by atoms with Gasteiger partial charge in [-0.1, -0.05) is 17.3 Å². The molecule has 0 aliphatic heterocycles. The fourth-order valence-electron chi connectivity index (χ4n) is 2.72. The van der Waals surface area contributed by atoms with Gasteiger partial charge < -0.3 is 20.1 Å². The van der Waals surface area contributed by atoms with Crippen LogP contribution in [-0.4, -0.2) is 32.8 Å². The van der Waals surface area contributed by atoms with Crippen molar-refractivity contribution in [2.75, 3.05) is 17.7 Å². The summed E-state index contributed by atoms with van der Waals surface area (Å²) in [5, 5.41) is 12.4. The highest BCUT2D eigenvalue weighted by atomic mass is 32.2. The maximum atomic E-state index is 12.4. The molecule has 3 aromatic rings. The van der Waals surface area contributed by atoms with E-state index < -0.39 is 10.0 Å². The molecule has 8 nitrogen and oxygen atoms in total. The van der Waals surface area contributed by atoms with Crippen molar-refractivity contribution in [3.05, 3.63) is 59.9 Å². The number of sulfonamides is 1. The van der Waals surface area contributed by atoms with Gasteiger partial charge in [-0.3, -0.25) is 4.31 Å². The first-order chi connectivity index (χ1) is 12.8. The summed E-state index contributed by atoms with van der Waals surface area (Å²) in [5.74, 6) is 0.608.